The van der Waals surface area contributed by atoms with Crippen LogP contribution in [0.3, 0.4) is 0 Å². The van der Waals surface area contributed by atoms with Gasteiger partial charge in [0, 0.05) is 17.0 Å². The minimum Gasteiger partial charge on any atom is -0.354 e. The number of benzene rings is 1. The summed E-state index contributed by atoms with van der Waals surface area (Å²) in [6.07, 6.45) is 6.81. The van der Waals surface area contributed by atoms with Crippen molar-refractivity contribution in [3.63, 3.8) is 0 Å². The predicted octanol–water partition coefficient (Wildman–Crippen LogP) is 3.44. The fourth-order valence-corrected chi connectivity index (χ4v) is 3.56. The molecule has 1 saturated heterocycles. The summed E-state index contributed by atoms with van der Waals surface area (Å²) in [6, 6.07) is 8.10. The topological polar surface area (TPSA) is 41.1 Å². The van der Waals surface area contributed by atoms with E-state index in [0.29, 0.717) is 0 Å². The molecule has 0 radical (unpaired) electrons. The van der Waals surface area contributed by atoms with Gasteiger partial charge >= 0.3 is 0 Å². The Bertz CT molecular complexity index is 494. The maximum absolute atomic E-state index is 12.3. The van der Waals surface area contributed by atoms with E-state index < -0.39 is 0 Å². The summed E-state index contributed by atoms with van der Waals surface area (Å²) in [7, 11) is 0. The number of amides is 1. The Labute approximate surface area is 143 Å². The van der Waals surface area contributed by atoms with E-state index in [4.69, 9.17) is 11.6 Å². The zero-order valence-corrected chi connectivity index (χ0v) is 14.3. The second kappa shape index (κ2) is 7.67. The highest BCUT2D eigenvalue weighted by Gasteiger charge is 2.39. The van der Waals surface area contributed by atoms with E-state index in [0.717, 1.165) is 43.8 Å². The molecule has 0 bridgehead atoms. The third kappa shape index (κ3) is 3.76. The van der Waals surface area contributed by atoms with Crippen LogP contribution >= 0.6 is 24.0 Å². The Balaban J connectivity index is 0.00000176. The van der Waals surface area contributed by atoms with Crippen LogP contribution in [0.5, 0.6) is 0 Å². The second-order valence-corrected chi connectivity index (χ2v) is 6.80. The molecule has 1 aromatic carbocycles. The van der Waals surface area contributed by atoms with E-state index in [9.17, 15) is 4.79 Å². The van der Waals surface area contributed by atoms with Crippen LogP contribution in [0.25, 0.3) is 0 Å². The molecule has 5 heteroatoms. The van der Waals surface area contributed by atoms with Crippen LogP contribution in [0.1, 0.15) is 44.1 Å². The normalized spacial score (nSPS) is 23.0. The summed E-state index contributed by atoms with van der Waals surface area (Å²) in [5.41, 5.74) is 1.42. The second-order valence-electron chi connectivity index (χ2n) is 6.36. The lowest BCUT2D eigenvalue weighted by atomic mass is 9.64. The Morgan fingerprint density at radius 2 is 1.95 bits per heavy atom. The lowest BCUT2D eigenvalue weighted by Gasteiger charge is -2.43. The Morgan fingerprint density at radius 1 is 1.23 bits per heavy atom. The minimum absolute atomic E-state index is 0. The molecule has 1 aliphatic carbocycles. The predicted molar refractivity (Wildman–Crippen MR) is 92.9 cm³/mol. The standard InChI is InChI=1S/C17H23ClN2O.ClH/c18-14-7-5-13(6-8-14)17(9-3-10-17)12-20-16(21)15-4-1-2-11-19-15;/h5-8,15,19H,1-4,9-12H2,(H,20,21);1H. The van der Waals surface area contributed by atoms with Gasteiger partial charge in [-0.15, -0.1) is 12.4 Å². The summed E-state index contributed by atoms with van der Waals surface area (Å²) >= 11 is 5.97. The monoisotopic (exact) mass is 342 g/mol. The van der Waals surface area contributed by atoms with Crippen molar-refractivity contribution >= 4 is 29.9 Å². The van der Waals surface area contributed by atoms with Gasteiger partial charge in [-0.2, -0.15) is 0 Å². The largest absolute Gasteiger partial charge is 0.354 e. The molecule has 122 valence electrons. The summed E-state index contributed by atoms with van der Waals surface area (Å²) in [6.45, 7) is 1.70. The van der Waals surface area contributed by atoms with Crippen molar-refractivity contribution in [1.82, 2.24) is 10.6 Å². The molecule has 1 amide bonds. The van der Waals surface area contributed by atoms with E-state index in [1.807, 2.05) is 12.1 Å². The highest BCUT2D eigenvalue weighted by Crippen LogP contribution is 2.43. The molecule has 1 heterocycles. The maximum atomic E-state index is 12.3. The molecule has 3 nitrogen and oxygen atoms in total. The van der Waals surface area contributed by atoms with Gasteiger partial charge in [0.2, 0.25) is 5.91 Å². The lowest BCUT2D eigenvalue weighted by Crippen LogP contribution is -2.51. The van der Waals surface area contributed by atoms with E-state index in [1.165, 1.54) is 18.4 Å². The molecule has 2 aliphatic rings. The fraction of sp³-hybridized carbons (Fsp3) is 0.588. The van der Waals surface area contributed by atoms with Crippen molar-refractivity contribution in [3.8, 4) is 0 Å². The van der Waals surface area contributed by atoms with Crippen LogP contribution in [0, 0.1) is 0 Å². The van der Waals surface area contributed by atoms with Crippen LogP contribution < -0.4 is 10.6 Å². The molecule has 2 fully saturated rings. The van der Waals surface area contributed by atoms with Crippen LogP contribution in [-0.4, -0.2) is 25.0 Å². The number of halogens is 2. The molecule has 1 unspecified atom stereocenters. The van der Waals surface area contributed by atoms with Crippen molar-refractivity contribution in [2.45, 2.75) is 50.0 Å². The first-order chi connectivity index (χ1) is 10.2. The number of carbonyl (C=O) groups excluding carboxylic acids is 1. The van der Waals surface area contributed by atoms with Gasteiger partial charge in [0.05, 0.1) is 6.04 Å². The summed E-state index contributed by atoms with van der Waals surface area (Å²) in [5.74, 6) is 0.162. The molecule has 1 aromatic rings. The van der Waals surface area contributed by atoms with Gasteiger partial charge in [0.1, 0.15) is 0 Å². The van der Waals surface area contributed by atoms with Gasteiger partial charge in [0.15, 0.2) is 0 Å². The van der Waals surface area contributed by atoms with E-state index in [2.05, 4.69) is 22.8 Å². The molecule has 1 atom stereocenters. The molecule has 3 rings (SSSR count). The number of piperidine rings is 1. The zero-order chi connectivity index (χ0) is 14.7. The molecule has 0 spiro atoms. The van der Waals surface area contributed by atoms with Gasteiger partial charge in [-0.3, -0.25) is 4.79 Å². The molecule has 1 saturated carbocycles. The molecular formula is C17H24Cl2N2O. The van der Waals surface area contributed by atoms with Gasteiger partial charge in [0.25, 0.3) is 0 Å². The van der Waals surface area contributed by atoms with Crippen LogP contribution in [-0.2, 0) is 10.2 Å². The van der Waals surface area contributed by atoms with Crippen LogP contribution in [0.4, 0.5) is 0 Å². The molecule has 0 aromatic heterocycles. The average Bonchev–Trinajstić information content (AvgIpc) is 2.48. The van der Waals surface area contributed by atoms with Gasteiger partial charge in [-0.05, 0) is 49.9 Å². The van der Waals surface area contributed by atoms with Crippen LogP contribution in [0.15, 0.2) is 24.3 Å². The first-order valence-electron chi connectivity index (χ1n) is 7.97. The quantitative estimate of drug-likeness (QED) is 0.879. The lowest BCUT2D eigenvalue weighted by molar-refractivity contribution is -0.124. The summed E-state index contributed by atoms with van der Waals surface area (Å²) < 4.78 is 0. The highest BCUT2D eigenvalue weighted by atomic mass is 35.5. The van der Waals surface area contributed by atoms with E-state index >= 15 is 0 Å². The zero-order valence-electron chi connectivity index (χ0n) is 12.7. The van der Waals surface area contributed by atoms with Crippen LogP contribution in [0.2, 0.25) is 5.02 Å². The van der Waals surface area contributed by atoms with Crippen molar-refractivity contribution in [1.29, 1.82) is 0 Å². The highest BCUT2D eigenvalue weighted by molar-refractivity contribution is 6.30. The summed E-state index contributed by atoms with van der Waals surface area (Å²) in [5, 5.41) is 7.25. The Morgan fingerprint density at radius 3 is 2.50 bits per heavy atom. The van der Waals surface area contributed by atoms with Crippen molar-refractivity contribution < 1.29 is 4.79 Å². The summed E-state index contributed by atoms with van der Waals surface area (Å²) in [4.78, 5) is 12.3. The number of carbonyl (C=O) groups is 1. The fourth-order valence-electron chi connectivity index (χ4n) is 3.43. The van der Waals surface area contributed by atoms with Gasteiger partial charge in [-0.1, -0.05) is 36.6 Å². The van der Waals surface area contributed by atoms with Crippen molar-refractivity contribution in [2.24, 2.45) is 0 Å². The SMILES string of the molecule is Cl.O=C(NCC1(c2ccc(Cl)cc2)CCC1)C1CCCCN1. The smallest absolute Gasteiger partial charge is 0.237 e. The first-order valence-corrected chi connectivity index (χ1v) is 8.35. The Kier molecular flexibility index (Phi) is 6.13. The molecule has 2 N–H and O–H groups in total. The maximum Gasteiger partial charge on any atom is 0.237 e. The van der Waals surface area contributed by atoms with Crippen molar-refractivity contribution in [3.05, 3.63) is 34.9 Å². The van der Waals surface area contributed by atoms with E-state index in [-0.39, 0.29) is 29.8 Å². The van der Waals surface area contributed by atoms with Crippen molar-refractivity contribution in [2.75, 3.05) is 13.1 Å². The molecule has 1 aliphatic heterocycles. The van der Waals surface area contributed by atoms with Gasteiger partial charge in [-0.25, -0.2) is 0 Å². The average molecular weight is 343 g/mol. The number of rotatable bonds is 4. The van der Waals surface area contributed by atoms with E-state index in [1.54, 1.807) is 0 Å². The number of hydrogen-bond donors (Lipinski definition) is 2. The molecule has 22 heavy (non-hydrogen) atoms. The van der Waals surface area contributed by atoms with Gasteiger partial charge < -0.3 is 10.6 Å². The Hall–Kier alpha value is -0.770. The number of hydrogen-bond acceptors (Lipinski definition) is 2. The third-order valence-electron chi connectivity index (χ3n) is 5.00. The number of nitrogens with one attached hydrogen (secondary N) is 2. The minimum atomic E-state index is 0. The molecular weight excluding hydrogens is 319 g/mol. The first kappa shape index (κ1) is 17.6. The third-order valence-corrected chi connectivity index (χ3v) is 5.25.